The van der Waals surface area contributed by atoms with Crippen LogP contribution in [0.15, 0.2) is 18.2 Å². The fourth-order valence-corrected chi connectivity index (χ4v) is 2.85. The summed E-state index contributed by atoms with van der Waals surface area (Å²) in [5.41, 5.74) is 0.506. The van der Waals surface area contributed by atoms with Gasteiger partial charge in [0.05, 0.1) is 7.11 Å². The average molecular weight is 281 g/mol. The van der Waals surface area contributed by atoms with E-state index in [2.05, 4.69) is 0 Å². The van der Waals surface area contributed by atoms with E-state index in [0.29, 0.717) is 24.4 Å². The Hall–Kier alpha value is -1.62. The second kappa shape index (κ2) is 6.22. The maximum absolute atomic E-state index is 14.0. The molecule has 0 aliphatic carbocycles. The topological polar surface area (TPSA) is 49.8 Å². The van der Waals surface area contributed by atoms with E-state index in [-0.39, 0.29) is 11.7 Å². The number of rotatable bonds is 4. The summed E-state index contributed by atoms with van der Waals surface area (Å²) in [7, 11) is 1.49. The second-order valence-electron chi connectivity index (χ2n) is 5.33. The molecule has 1 aliphatic rings. The SMILES string of the molecule is COc1ccc(CN2CCCC(C)C2C(=O)O)c(F)c1. The molecule has 1 aromatic rings. The predicted molar refractivity (Wildman–Crippen MR) is 73.2 cm³/mol. The maximum atomic E-state index is 14.0. The van der Waals surface area contributed by atoms with Crippen molar-refractivity contribution in [3.05, 3.63) is 29.6 Å². The molecule has 1 N–H and O–H groups in total. The average Bonchev–Trinajstić information content (AvgIpc) is 2.40. The molecule has 0 spiro atoms. The van der Waals surface area contributed by atoms with E-state index >= 15 is 0 Å². The first-order valence-electron chi connectivity index (χ1n) is 6.82. The maximum Gasteiger partial charge on any atom is 0.321 e. The van der Waals surface area contributed by atoms with E-state index < -0.39 is 12.0 Å². The Balaban J connectivity index is 2.17. The largest absolute Gasteiger partial charge is 0.497 e. The van der Waals surface area contributed by atoms with Crippen LogP contribution in [0.2, 0.25) is 0 Å². The number of carbonyl (C=O) groups is 1. The van der Waals surface area contributed by atoms with Crippen LogP contribution in [-0.4, -0.2) is 35.7 Å². The zero-order chi connectivity index (χ0) is 14.7. The molecule has 0 bridgehead atoms. The minimum absolute atomic E-state index is 0.0857. The van der Waals surface area contributed by atoms with Gasteiger partial charge >= 0.3 is 5.97 Å². The minimum atomic E-state index is -0.828. The molecule has 1 saturated heterocycles. The quantitative estimate of drug-likeness (QED) is 0.921. The van der Waals surface area contributed by atoms with Crippen LogP contribution in [0.1, 0.15) is 25.3 Å². The van der Waals surface area contributed by atoms with E-state index in [0.717, 1.165) is 12.8 Å². The molecule has 4 nitrogen and oxygen atoms in total. The van der Waals surface area contributed by atoms with Gasteiger partial charge in [0.1, 0.15) is 17.6 Å². The van der Waals surface area contributed by atoms with Crippen molar-refractivity contribution in [2.45, 2.75) is 32.4 Å². The van der Waals surface area contributed by atoms with Gasteiger partial charge in [-0.25, -0.2) is 4.39 Å². The lowest BCUT2D eigenvalue weighted by Gasteiger charge is -2.37. The summed E-state index contributed by atoms with van der Waals surface area (Å²) in [6.45, 7) is 2.94. The summed E-state index contributed by atoms with van der Waals surface area (Å²) >= 11 is 0. The van der Waals surface area contributed by atoms with E-state index in [4.69, 9.17) is 4.74 Å². The summed E-state index contributed by atoms with van der Waals surface area (Å²) in [5.74, 6) is -0.631. The molecule has 0 saturated carbocycles. The number of hydrogen-bond acceptors (Lipinski definition) is 3. The molecule has 1 aliphatic heterocycles. The van der Waals surface area contributed by atoms with Gasteiger partial charge in [0, 0.05) is 18.2 Å². The number of carboxylic acid groups (broad SMARTS) is 1. The number of benzene rings is 1. The molecule has 2 unspecified atom stereocenters. The van der Waals surface area contributed by atoms with Crippen molar-refractivity contribution in [1.82, 2.24) is 4.90 Å². The lowest BCUT2D eigenvalue weighted by molar-refractivity contribution is -0.147. The summed E-state index contributed by atoms with van der Waals surface area (Å²) in [5, 5.41) is 9.35. The molecule has 0 aromatic heterocycles. The van der Waals surface area contributed by atoms with Crippen molar-refractivity contribution < 1.29 is 19.0 Å². The van der Waals surface area contributed by atoms with Crippen LogP contribution in [0.5, 0.6) is 5.75 Å². The zero-order valence-corrected chi connectivity index (χ0v) is 11.8. The number of ether oxygens (including phenoxy) is 1. The lowest BCUT2D eigenvalue weighted by Crippen LogP contribution is -2.48. The van der Waals surface area contributed by atoms with Gasteiger partial charge < -0.3 is 9.84 Å². The smallest absolute Gasteiger partial charge is 0.321 e. The van der Waals surface area contributed by atoms with Gasteiger partial charge in [-0.15, -0.1) is 0 Å². The highest BCUT2D eigenvalue weighted by Gasteiger charge is 2.34. The van der Waals surface area contributed by atoms with Gasteiger partial charge in [0.15, 0.2) is 0 Å². The molecule has 2 rings (SSSR count). The molecule has 1 fully saturated rings. The van der Waals surface area contributed by atoms with E-state index in [1.807, 2.05) is 11.8 Å². The molecular formula is C15H20FNO3. The van der Waals surface area contributed by atoms with E-state index in [1.165, 1.54) is 13.2 Å². The van der Waals surface area contributed by atoms with E-state index in [9.17, 15) is 14.3 Å². The van der Waals surface area contributed by atoms with Crippen molar-refractivity contribution in [2.75, 3.05) is 13.7 Å². The third-order valence-electron chi connectivity index (χ3n) is 3.92. The van der Waals surface area contributed by atoms with Gasteiger partial charge in [-0.3, -0.25) is 9.69 Å². The highest BCUT2D eigenvalue weighted by molar-refractivity contribution is 5.74. The van der Waals surface area contributed by atoms with Crippen LogP contribution >= 0.6 is 0 Å². The molecular weight excluding hydrogens is 261 g/mol. The molecule has 1 aromatic carbocycles. The number of likely N-dealkylation sites (tertiary alicyclic amines) is 1. The van der Waals surface area contributed by atoms with Crippen molar-refractivity contribution in [1.29, 1.82) is 0 Å². The van der Waals surface area contributed by atoms with Crippen LogP contribution in [0.3, 0.4) is 0 Å². The van der Waals surface area contributed by atoms with Gasteiger partial charge in [0.25, 0.3) is 0 Å². The number of halogens is 1. The molecule has 1 heterocycles. The van der Waals surface area contributed by atoms with Gasteiger partial charge in [0.2, 0.25) is 0 Å². The van der Waals surface area contributed by atoms with Gasteiger partial charge in [-0.2, -0.15) is 0 Å². The second-order valence-corrected chi connectivity index (χ2v) is 5.33. The number of piperidine rings is 1. The first-order chi connectivity index (χ1) is 9.52. The van der Waals surface area contributed by atoms with E-state index in [1.54, 1.807) is 12.1 Å². The first-order valence-corrected chi connectivity index (χ1v) is 6.82. The fraction of sp³-hybridized carbons (Fsp3) is 0.533. The Bertz CT molecular complexity index is 492. The van der Waals surface area contributed by atoms with Crippen LogP contribution in [0.4, 0.5) is 4.39 Å². The normalized spacial score (nSPS) is 23.6. The molecule has 0 amide bonds. The van der Waals surface area contributed by atoms with Crippen LogP contribution in [0.25, 0.3) is 0 Å². The van der Waals surface area contributed by atoms with Gasteiger partial charge in [-0.05, 0) is 31.4 Å². The zero-order valence-electron chi connectivity index (χ0n) is 11.8. The summed E-state index contributed by atoms with van der Waals surface area (Å²) in [6.07, 6.45) is 1.85. The minimum Gasteiger partial charge on any atom is -0.497 e. The first kappa shape index (κ1) is 14.8. The van der Waals surface area contributed by atoms with Gasteiger partial charge in [-0.1, -0.05) is 13.0 Å². The number of hydrogen-bond donors (Lipinski definition) is 1. The molecule has 20 heavy (non-hydrogen) atoms. The lowest BCUT2D eigenvalue weighted by atomic mass is 9.90. The fourth-order valence-electron chi connectivity index (χ4n) is 2.85. The molecule has 2 atom stereocenters. The summed E-state index contributed by atoms with van der Waals surface area (Å²) in [4.78, 5) is 13.2. The summed E-state index contributed by atoms with van der Waals surface area (Å²) in [6, 6.07) is 4.15. The van der Waals surface area contributed by atoms with Crippen molar-refractivity contribution in [3.8, 4) is 5.75 Å². The third kappa shape index (κ3) is 3.10. The van der Waals surface area contributed by atoms with Crippen molar-refractivity contribution in [2.24, 2.45) is 5.92 Å². The molecule has 110 valence electrons. The Morgan fingerprint density at radius 1 is 1.55 bits per heavy atom. The third-order valence-corrected chi connectivity index (χ3v) is 3.92. The molecule has 0 radical (unpaired) electrons. The highest BCUT2D eigenvalue weighted by atomic mass is 19.1. The predicted octanol–water partition coefficient (Wildman–Crippen LogP) is 2.52. The molecule has 5 heteroatoms. The van der Waals surface area contributed by atoms with Crippen molar-refractivity contribution in [3.63, 3.8) is 0 Å². The Morgan fingerprint density at radius 3 is 2.90 bits per heavy atom. The van der Waals surface area contributed by atoms with Crippen LogP contribution < -0.4 is 4.74 Å². The number of aliphatic carboxylic acids is 1. The Kier molecular flexibility index (Phi) is 4.60. The standard InChI is InChI=1S/C15H20FNO3/c1-10-4-3-7-17(14(10)15(18)19)9-11-5-6-12(20-2)8-13(11)16/h5-6,8,10,14H,3-4,7,9H2,1-2H3,(H,18,19). The number of methoxy groups -OCH3 is 1. The van der Waals surface area contributed by atoms with Crippen LogP contribution in [0, 0.1) is 11.7 Å². The number of carboxylic acids is 1. The highest BCUT2D eigenvalue weighted by Crippen LogP contribution is 2.26. The Morgan fingerprint density at radius 2 is 2.30 bits per heavy atom. The Labute approximate surface area is 118 Å². The van der Waals surface area contributed by atoms with Crippen LogP contribution in [-0.2, 0) is 11.3 Å². The number of nitrogens with zero attached hydrogens (tertiary/aromatic N) is 1. The monoisotopic (exact) mass is 281 g/mol. The summed E-state index contributed by atoms with van der Waals surface area (Å²) < 4.78 is 18.9. The van der Waals surface area contributed by atoms with Crippen molar-refractivity contribution >= 4 is 5.97 Å².